The van der Waals surface area contributed by atoms with E-state index in [2.05, 4.69) is 21.2 Å². The SMILES string of the molecule is CCCC1NC(=O)C(C)(C)N(Cc2sccc2Br)C1=O. The highest BCUT2D eigenvalue weighted by Crippen LogP contribution is 2.30. The summed E-state index contributed by atoms with van der Waals surface area (Å²) in [5.74, 6) is -0.0695. The van der Waals surface area contributed by atoms with Crippen LogP contribution in [0.2, 0.25) is 0 Å². The van der Waals surface area contributed by atoms with Gasteiger partial charge in [-0.2, -0.15) is 0 Å². The summed E-state index contributed by atoms with van der Waals surface area (Å²) in [6.45, 7) is 6.07. The van der Waals surface area contributed by atoms with Gasteiger partial charge in [-0.05, 0) is 47.6 Å². The third kappa shape index (κ3) is 2.76. The van der Waals surface area contributed by atoms with Crippen LogP contribution in [0.5, 0.6) is 0 Å². The number of halogens is 1. The minimum absolute atomic E-state index is 0.0109. The molecular weight excluding hydrogens is 340 g/mol. The quantitative estimate of drug-likeness (QED) is 0.899. The molecule has 4 nitrogen and oxygen atoms in total. The Kier molecular flexibility index (Phi) is 4.54. The predicted molar refractivity (Wildman–Crippen MR) is 83.5 cm³/mol. The van der Waals surface area contributed by atoms with Gasteiger partial charge < -0.3 is 10.2 Å². The third-order valence-electron chi connectivity index (χ3n) is 3.67. The van der Waals surface area contributed by atoms with E-state index in [-0.39, 0.29) is 17.9 Å². The van der Waals surface area contributed by atoms with Gasteiger partial charge in [0.1, 0.15) is 11.6 Å². The Morgan fingerprint density at radius 2 is 2.15 bits per heavy atom. The summed E-state index contributed by atoms with van der Waals surface area (Å²) in [5, 5.41) is 4.82. The molecule has 0 bridgehead atoms. The summed E-state index contributed by atoms with van der Waals surface area (Å²) in [6, 6.07) is 1.57. The lowest BCUT2D eigenvalue weighted by Crippen LogP contribution is -2.67. The van der Waals surface area contributed by atoms with Crippen LogP contribution in [-0.2, 0) is 16.1 Å². The Morgan fingerprint density at radius 1 is 1.45 bits per heavy atom. The first-order valence-corrected chi connectivity index (χ1v) is 8.39. The molecule has 1 aliphatic heterocycles. The van der Waals surface area contributed by atoms with Crippen molar-refractivity contribution in [1.29, 1.82) is 0 Å². The van der Waals surface area contributed by atoms with Crippen molar-refractivity contribution in [2.75, 3.05) is 0 Å². The average molecular weight is 359 g/mol. The summed E-state index contributed by atoms with van der Waals surface area (Å²) < 4.78 is 0.990. The molecule has 1 unspecified atom stereocenters. The van der Waals surface area contributed by atoms with Crippen molar-refractivity contribution in [3.8, 4) is 0 Å². The van der Waals surface area contributed by atoms with E-state index in [1.807, 2.05) is 18.4 Å². The van der Waals surface area contributed by atoms with Gasteiger partial charge in [-0.15, -0.1) is 11.3 Å². The zero-order valence-corrected chi connectivity index (χ0v) is 14.3. The monoisotopic (exact) mass is 358 g/mol. The first-order chi connectivity index (χ1) is 9.37. The van der Waals surface area contributed by atoms with Crippen molar-refractivity contribution in [3.05, 3.63) is 20.8 Å². The lowest BCUT2D eigenvalue weighted by Gasteiger charge is -2.44. The first kappa shape index (κ1) is 15.5. The summed E-state index contributed by atoms with van der Waals surface area (Å²) >= 11 is 5.07. The Hall–Kier alpha value is -0.880. The summed E-state index contributed by atoms with van der Waals surface area (Å²) in [4.78, 5) is 27.6. The molecule has 1 aromatic rings. The summed E-state index contributed by atoms with van der Waals surface area (Å²) in [6.07, 6.45) is 1.55. The fourth-order valence-electron chi connectivity index (χ4n) is 2.32. The van der Waals surface area contributed by atoms with Crippen LogP contribution in [0.3, 0.4) is 0 Å². The molecule has 0 aromatic carbocycles. The van der Waals surface area contributed by atoms with E-state index >= 15 is 0 Å². The fourth-order valence-corrected chi connectivity index (χ4v) is 3.79. The van der Waals surface area contributed by atoms with Crippen molar-refractivity contribution in [3.63, 3.8) is 0 Å². The van der Waals surface area contributed by atoms with Gasteiger partial charge in [0, 0.05) is 9.35 Å². The van der Waals surface area contributed by atoms with E-state index in [4.69, 9.17) is 0 Å². The molecule has 6 heteroatoms. The van der Waals surface area contributed by atoms with E-state index < -0.39 is 5.54 Å². The molecular formula is C14H19BrN2O2S. The highest BCUT2D eigenvalue weighted by Gasteiger charge is 2.45. The van der Waals surface area contributed by atoms with Crippen LogP contribution in [0.4, 0.5) is 0 Å². The van der Waals surface area contributed by atoms with Crippen LogP contribution in [-0.4, -0.2) is 28.3 Å². The van der Waals surface area contributed by atoms with Crippen molar-refractivity contribution >= 4 is 39.1 Å². The average Bonchev–Trinajstić information content (AvgIpc) is 2.78. The normalized spacial score (nSPS) is 22.0. The second kappa shape index (κ2) is 5.85. The van der Waals surface area contributed by atoms with Gasteiger partial charge >= 0.3 is 0 Å². The molecule has 1 aromatic heterocycles. The van der Waals surface area contributed by atoms with Gasteiger partial charge in [-0.1, -0.05) is 13.3 Å². The highest BCUT2D eigenvalue weighted by atomic mass is 79.9. The molecule has 1 fully saturated rings. The van der Waals surface area contributed by atoms with E-state index in [0.29, 0.717) is 13.0 Å². The second-order valence-electron chi connectivity index (χ2n) is 5.49. The maximum Gasteiger partial charge on any atom is 0.246 e. The van der Waals surface area contributed by atoms with Gasteiger partial charge in [0.15, 0.2) is 0 Å². The molecule has 110 valence electrons. The van der Waals surface area contributed by atoms with Gasteiger partial charge in [0.05, 0.1) is 6.54 Å². The number of piperazine rings is 1. The molecule has 1 saturated heterocycles. The number of hydrogen-bond donors (Lipinski definition) is 1. The van der Waals surface area contributed by atoms with Crippen molar-refractivity contribution in [2.24, 2.45) is 0 Å². The van der Waals surface area contributed by atoms with Gasteiger partial charge in [0.2, 0.25) is 11.8 Å². The van der Waals surface area contributed by atoms with Gasteiger partial charge in [0.25, 0.3) is 0 Å². The number of rotatable bonds is 4. The minimum Gasteiger partial charge on any atom is -0.342 e. The Labute approximate surface area is 131 Å². The summed E-state index contributed by atoms with van der Waals surface area (Å²) in [7, 11) is 0. The van der Waals surface area contributed by atoms with E-state index in [1.54, 1.807) is 30.1 Å². The lowest BCUT2D eigenvalue weighted by atomic mass is 9.94. The largest absolute Gasteiger partial charge is 0.342 e. The molecule has 2 amide bonds. The maximum absolute atomic E-state index is 12.6. The molecule has 0 aliphatic carbocycles. The Balaban J connectivity index is 2.28. The number of hydrogen-bond acceptors (Lipinski definition) is 3. The standard InChI is InChI=1S/C14H19BrN2O2S/c1-4-5-10-12(18)17(14(2,3)13(19)16-10)8-11-9(15)6-7-20-11/h6-7,10H,4-5,8H2,1-3H3,(H,16,19). The minimum atomic E-state index is -0.815. The highest BCUT2D eigenvalue weighted by molar-refractivity contribution is 9.10. The number of amides is 2. The molecule has 2 heterocycles. The van der Waals surface area contributed by atoms with E-state index in [1.165, 1.54) is 0 Å². The molecule has 0 radical (unpaired) electrons. The van der Waals surface area contributed by atoms with Crippen molar-refractivity contribution in [1.82, 2.24) is 10.2 Å². The fraction of sp³-hybridized carbons (Fsp3) is 0.571. The predicted octanol–water partition coefficient (Wildman–Crippen LogP) is 2.92. The van der Waals surface area contributed by atoms with Gasteiger partial charge in [-0.25, -0.2) is 0 Å². The van der Waals surface area contributed by atoms with Crippen LogP contribution in [0.25, 0.3) is 0 Å². The van der Waals surface area contributed by atoms with Crippen LogP contribution in [0.15, 0.2) is 15.9 Å². The number of carbonyl (C=O) groups is 2. The molecule has 1 N–H and O–H groups in total. The smallest absolute Gasteiger partial charge is 0.246 e. The van der Waals surface area contributed by atoms with Crippen LogP contribution >= 0.6 is 27.3 Å². The molecule has 2 rings (SSSR count). The maximum atomic E-state index is 12.6. The zero-order valence-electron chi connectivity index (χ0n) is 11.9. The van der Waals surface area contributed by atoms with Gasteiger partial charge in [-0.3, -0.25) is 9.59 Å². The molecule has 20 heavy (non-hydrogen) atoms. The number of nitrogens with zero attached hydrogens (tertiary/aromatic N) is 1. The lowest BCUT2D eigenvalue weighted by molar-refractivity contribution is -0.156. The second-order valence-corrected chi connectivity index (χ2v) is 7.34. The van der Waals surface area contributed by atoms with Crippen molar-refractivity contribution in [2.45, 2.75) is 51.7 Å². The van der Waals surface area contributed by atoms with Crippen LogP contribution in [0, 0.1) is 0 Å². The number of nitrogens with one attached hydrogen (secondary N) is 1. The molecule has 0 saturated carbocycles. The Bertz CT molecular complexity index is 527. The van der Waals surface area contributed by atoms with E-state index in [9.17, 15) is 9.59 Å². The Morgan fingerprint density at radius 3 is 2.70 bits per heavy atom. The number of carbonyl (C=O) groups excluding carboxylic acids is 2. The molecule has 0 spiro atoms. The molecule has 1 aliphatic rings. The topological polar surface area (TPSA) is 49.4 Å². The van der Waals surface area contributed by atoms with E-state index in [0.717, 1.165) is 15.8 Å². The zero-order chi connectivity index (χ0) is 14.9. The van der Waals surface area contributed by atoms with Crippen molar-refractivity contribution < 1.29 is 9.59 Å². The summed E-state index contributed by atoms with van der Waals surface area (Å²) in [5.41, 5.74) is -0.815. The first-order valence-electron chi connectivity index (χ1n) is 6.72. The van der Waals surface area contributed by atoms with Crippen LogP contribution in [0.1, 0.15) is 38.5 Å². The molecule has 1 atom stereocenters. The third-order valence-corrected chi connectivity index (χ3v) is 5.58. The number of thiophene rings is 1. The van der Waals surface area contributed by atoms with Crippen LogP contribution < -0.4 is 5.32 Å².